The zero-order chi connectivity index (χ0) is 15.3. The first-order valence-electron chi connectivity index (χ1n) is 7.06. The van der Waals surface area contributed by atoms with Gasteiger partial charge < -0.3 is 5.73 Å². The number of nitrogens with two attached hydrogens (primary N) is 1. The number of ketones is 1. The molecule has 0 aromatic heterocycles. The van der Waals surface area contributed by atoms with Crippen LogP contribution < -0.4 is 5.73 Å². The zero-order valence-electron chi connectivity index (χ0n) is 12.4. The van der Waals surface area contributed by atoms with Crippen LogP contribution in [-0.2, 0) is 0 Å². The third-order valence-electron chi connectivity index (χ3n) is 3.80. The summed E-state index contributed by atoms with van der Waals surface area (Å²) < 4.78 is 27.2. The standard InChI is InChI=1S/C16H23F2NO/c1-10(2)12(8-9-19)5-7-14(20)13-6-4-11(3)15(17)16(13)18/h4,6,10,12H,5,7-9,19H2,1-3H3. The summed E-state index contributed by atoms with van der Waals surface area (Å²) in [5.41, 5.74) is 5.61. The van der Waals surface area contributed by atoms with E-state index >= 15 is 0 Å². The summed E-state index contributed by atoms with van der Waals surface area (Å²) in [6.45, 7) is 6.21. The molecule has 4 heteroatoms. The van der Waals surface area contributed by atoms with Crippen LogP contribution in [0.2, 0.25) is 0 Å². The molecule has 0 amide bonds. The van der Waals surface area contributed by atoms with Crippen molar-refractivity contribution in [2.45, 2.75) is 40.0 Å². The highest BCUT2D eigenvalue weighted by Gasteiger charge is 2.19. The van der Waals surface area contributed by atoms with Crippen LogP contribution in [0.25, 0.3) is 0 Å². The molecule has 0 fully saturated rings. The molecule has 0 spiro atoms. The molecule has 112 valence electrons. The van der Waals surface area contributed by atoms with Crippen molar-refractivity contribution in [1.82, 2.24) is 0 Å². The van der Waals surface area contributed by atoms with E-state index in [0.29, 0.717) is 24.8 Å². The number of hydrogen-bond donors (Lipinski definition) is 1. The van der Waals surface area contributed by atoms with Gasteiger partial charge in [-0.1, -0.05) is 19.9 Å². The molecule has 0 aliphatic rings. The zero-order valence-corrected chi connectivity index (χ0v) is 12.4. The SMILES string of the molecule is Cc1ccc(C(=O)CCC(CCN)C(C)C)c(F)c1F. The third kappa shape index (κ3) is 4.10. The molecule has 1 aromatic carbocycles. The van der Waals surface area contributed by atoms with Crippen molar-refractivity contribution in [1.29, 1.82) is 0 Å². The number of carbonyl (C=O) groups excluding carboxylic acids is 1. The van der Waals surface area contributed by atoms with Crippen molar-refractivity contribution in [2.75, 3.05) is 6.54 Å². The van der Waals surface area contributed by atoms with Gasteiger partial charge >= 0.3 is 0 Å². The van der Waals surface area contributed by atoms with Crippen molar-refractivity contribution in [3.8, 4) is 0 Å². The maximum absolute atomic E-state index is 13.7. The van der Waals surface area contributed by atoms with Crippen molar-refractivity contribution in [2.24, 2.45) is 17.6 Å². The summed E-state index contributed by atoms with van der Waals surface area (Å²) >= 11 is 0. The first-order valence-corrected chi connectivity index (χ1v) is 7.06. The van der Waals surface area contributed by atoms with Gasteiger partial charge in [-0.3, -0.25) is 4.79 Å². The number of hydrogen-bond acceptors (Lipinski definition) is 2. The van der Waals surface area contributed by atoms with Gasteiger partial charge in [-0.15, -0.1) is 0 Å². The van der Waals surface area contributed by atoms with Crippen LogP contribution in [0.1, 0.15) is 49.0 Å². The van der Waals surface area contributed by atoms with E-state index in [9.17, 15) is 13.6 Å². The van der Waals surface area contributed by atoms with E-state index in [1.54, 1.807) is 0 Å². The van der Waals surface area contributed by atoms with Crippen molar-refractivity contribution in [3.05, 3.63) is 34.9 Å². The van der Waals surface area contributed by atoms with E-state index in [4.69, 9.17) is 5.73 Å². The lowest BCUT2D eigenvalue weighted by molar-refractivity contribution is 0.0964. The number of carbonyl (C=O) groups is 1. The summed E-state index contributed by atoms with van der Waals surface area (Å²) in [4.78, 5) is 12.0. The monoisotopic (exact) mass is 283 g/mol. The van der Waals surface area contributed by atoms with Gasteiger partial charge in [0.25, 0.3) is 0 Å². The highest BCUT2D eigenvalue weighted by Crippen LogP contribution is 2.23. The summed E-state index contributed by atoms with van der Waals surface area (Å²) in [6.07, 6.45) is 1.72. The average Bonchev–Trinajstić information content (AvgIpc) is 2.40. The lowest BCUT2D eigenvalue weighted by atomic mass is 9.87. The largest absolute Gasteiger partial charge is 0.330 e. The Balaban J connectivity index is 2.74. The van der Waals surface area contributed by atoms with Crippen LogP contribution in [0.3, 0.4) is 0 Å². The Morgan fingerprint density at radius 2 is 1.85 bits per heavy atom. The number of benzene rings is 1. The lowest BCUT2D eigenvalue weighted by Crippen LogP contribution is -2.16. The fourth-order valence-electron chi connectivity index (χ4n) is 2.34. The maximum atomic E-state index is 13.7. The Morgan fingerprint density at radius 1 is 1.20 bits per heavy atom. The fraction of sp³-hybridized carbons (Fsp3) is 0.562. The second kappa shape index (κ2) is 7.48. The topological polar surface area (TPSA) is 43.1 Å². The van der Waals surface area contributed by atoms with Gasteiger partial charge in [-0.2, -0.15) is 0 Å². The fourth-order valence-corrected chi connectivity index (χ4v) is 2.34. The van der Waals surface area contributed by atoms with E-state index in [1.165, 1.54) is 19.1 Å². The molecule has 0 heterocycles. The first kappa shape index (κ1) is 16.8. The minimum Gasteiger partial charge on any atom is -0.330 e. The Kier molecular flexibility index (Phi) is 6.27. The smallest absolute Gasteiger partial charge is 0.169 e. The molecule has 0 aliphatic heterocycles. The van der Waals surface area contributed by atoms with E-state index < -0.39 is 11.6 Å². The van der Waals surface area contributed by atoms with Crippen LogP contribution in [0.4, 0.5) is 8.78 Å². The number of aryl methyl sites for hydroxylation is 1. The van der Waals surface area contributed by atoms with Crippen LogP contribution in [-0.4, -0.2) is 12.3 Å². The highest BCUT2D eigenvalue weighted by molar-refractivity contribution is 5.96. The molecular formula is C16H23F2NO. The van der Waals surface area contributed by atoms with Gasteiger partial charge in [0.15, 0.2) is 17.4 Å². The summed E-state index contributed by atoms with van der Waals surface area (Å²) in [6, 6.07) is 2.80. The highest BCUT2D eigenvalue weighted by atomic mass is 19.2. The van der Waals surface area contributed by atoms with Crippen LogP contribution in [0, 0.1) is 30.4 Å². The van der Waals surface area contributed by atoms with Crippen LogP contribution >= 0.6 is 0 Å². The second-order valence-corrected chi connectivity index (χ2v) is 5.60. The maximum Gasteiger partial charge on any atom is 0.169 e. The van der Waals surface area contributed by atoms with Gasteiger partial charge in [0.2, 0.25) is 0 Å². The predicted octanol–water partition coefficient (Wildman–Crippen LogP) is 3.86. The van der Waals surface area contributed by atoms with Gasteiger partial charge in [0.1, 0.15) is 0 Å². The Bertz CT molecular complexity index is 472. The molecule has 0 saturated heterocycles. The molecule has 1 rings (SSSR count). The molecule has 2 N–H and O–H groups in total. The summed E-state index contributed by atoms with van der Waals surface area (Å²) in [5, 5.41) is 0. The lowest BCUT2D eigenvalue weighted by Gasteiger charge is -2.19. The molecule has 1 unspecified atom stereocenters. The Labute approximate surface area is 119 Å². The van der Waals surface area contributed by atoms with E-state index in [0.717, 1.165) is 6.42 Å². The Hall–Kier alpha value is -1.29. The van der Waals surface area contributed by atoms with Gasteiger partial charge in [0.05, 0.1) is 5.56 Å². The van der Waals surface area contributed by atoms with Crippen LogP contribution in [0.15, 0.2) is 12.1 Å². The predicted molar refractivity (Wildman–Crippen MR) is 76.7 cm³/mol. The van der Waals surface area contributed by atoms with Gasteiger partial charge in [-0.05, 0) is 49.8 Å². The van der Waals surface area contributed by atoms with Crippen LogP contribution in [0.5, 0.6) is 0 Å². The molecule has 0 saturated carbocycles. The summed E-state index contributed by atoms with van der Waals surface area (Å²) in [7, 11) is 0. The van der Waals surface area contributed by atoms with Gasteiger partial charge in [-0.25, -0.2) is 8.78 Å². The molecule has 2 nitrogen and oxygen atoms in total. The number of halogens is 2. The van der Waals surface area contributed by atoms with E-state index in [2.05, 4.69) is 13.8 Å². The minimum absolute atomic E-state index is 0.150. The minimum atomic E-state index is -1.03. The second-order valence-electron chi connectivity index (χ2n) is 5.60. The first-order chi connectivity index (χ1) is 9.38. The third-order valence-corrected chi connectivity index (χ3v) is 3.80. The van der Waals surface area contributed by atoms with Crippen molar-refractivity contribution >= 4 is 5.78 Å². The van der Waals surface area contributed by atoms with Gasteiger partial charge in [0, 0.05) is 6.42 Å². The molecule has 0 bridgehead atoms. The van der Waals surface area contributed by atoms with Crippen molar-refractivity contribution in [3.63, 3.8) is 0 Å². The number of rotatable bonds is 7. The average molecular weight is 283 g/mol. The van der Waals surface area contributed by atoms with Crippen molar-refractivity contribution < 1.29 is 13.6 Å². The van der Waals surface area contributed by atoms with E-state index in [1.807, 2.05) is 0 Å². The van der Waals surface area contributed by atoms with E-state index in [-0.39, 0.29) is 23.3 Å². The summed E-state index contributed by atoms with van der Waals surface area (Å²) in [5.74, 6) is -1.55. The molecule has 1 aromatic rings. The normalized spacial score (nSPS) is 12.8. The molecule has 0 aliphatic carbocycles. The molecular weight excluding hydrogens is 260 g/mol. The molecule has 20 heavy (non-hydrogen) atoms. The Morgan fingerprint density at radius 3 is 2.40 bits per heavy atom. The molecule has 0 radical (unpaired) electrons. The quantitative estimate of drug-likeness (QED) is 0.772. The number of Topliss-reactive ketones (excluding diaryl/α,β-unsaturated/α-hetero) is 1. The molecule has 1 atom stereocenters.